The SMILES string of the molecule is N#Cc1cc(C(=O)O)c(CN)c(C(F)F)n1. The number of carbonyl (C=O) groups is 1. The molecule has 5 nitrogen and oxygen atoms in total. The molecular weight excluding hydrogens is 220 g/mol. The molecule has 0 unspecified atom stereocenters. The van der Waals surface area contributed by atoms with Crippen LogP contribution in [-0.4, -0.2) is 16.1 Å². The number of aromatic carboxylic acids is 1. The van der Waals surface area contributed by atoms with E-state index in [2.05, 4.69) is 4.98 Å². The number of nitrogens with zero attached hydrogens (tertiary/aromatic N) is 2. The Morgan fingerprint density at radius 3 is 2.69 bits per heavy atom. The summed E-state index contributed by atoms with van der Waals surface area (Å²) in [4.78, 5) is 14.1. The van der Waals surface area contributed by atoms with Crippen LogP contribution < -0.4 is 5.73 Å². The van der Waals surface area contributed by atoms with Crippen molar-refractivity contribution in [1.29, 1.82) is 5.26 Å². The van der Waals surface area contributed by atoms with Crippen LogP contribution in [0.1, 0.15) is 33.7 Å². The lowest BCUT2D eigenvalue weighted by Crippen LogP contribution is -2.13. The van der Waals surface area contributed by atoms with Gasteiger partial charge in [-0.05, 0) is 6.07 Å². The minimum Gasteiger partial charge on any atom is -0.478 e. The highest BCUT2D eigenvalue weighted by molar-refractivity contribution is 5.90. The summed E-state index contributed by atoms with van der Waals surface area (Å²) < 4.78 is 25.1. The van der Waals surface area contributed by atoms with Gasteiger partial charge in [-0.15, -0.1) is 0 Å². The minimum atomic E-state index is -2.97. The highest BCUT2D eigenvalue weighted by Crippen LogP contribution is 2.24. The van der Waals surface area contributed by atoms with Crippen molar-refractivity contribution in [3.05, 3.63) is 28.6 Å². The molecule has 0 fully saturated rings. The molecule has 0 amide bonds. The zero-order valence-electron chi connectivity index (χ0n) is 7.94. The number of pyridine rings is 1. The molecule has 1 aromatic heterocycles. The Morgan fingerprint density at radius 2 is 2.31 bits per heavy atom. The number of carboxylic acids is 1. The van der Waals surface area contributed by atoms with Gasteiger partial charge in [-0.1, -0.05) is 0 Å². The number of halogens is 2. The van der Waals surface area contributed by atoms with E-state index in [1.807, 2.05) is 0 Å². The molecule has 0 atom stereocenters. The van der Waals surface area contributed by atoms with Gasteiger partial charge in [0.1, 0.15) is 17.5 Å². The molecule has 0 bridgehead atoms. The molecule has 0 aromatic carbocycles. The Hall–Kier alpha value is -2.07. The Balaban J connectivity index is 3.54. The number of alkyl halides is 2. The van der Waals surface area contributed by atoms with E-state index >= 15 is 0 Å². The van der Waals surface area contributed by atoms with Crippen LogP contribution in [0.2, 0.25) is 0 Å². The van der Waals surface area contributed by atoms with E-state index in [0.29, 0.717) is 0 Å². The van der Waals surface area contributed by atoms with Crippen molar-refractivity contribution in [2.24, 2.45) is 5.73 Å². The smallest absolute Gasteiger partial charge is 0.336 e. The molecule has 0 radical (unpaired) electrons. The monoisotopic (exact) mass is 227 g/mol. The third kappa shape index (κ3) is 2.12. The zero-order valence-corrected chi connectivity index (χ0v) is 7.94. The van der Waals surface area contributed by atoms with Gasteiger partial charge in [0, 0.05) is 12.1 Å². The van der Waals surface area contributed by atoms with Crippen LogP contribution in [-0.2, 0) is 6.54 Å². The first-order valence-electron chi connectivity index (χ1n) is 4.16. The van der Waals surface area contributed by atoms with Crippen LogP contribution in [0.5, 0.6) is 0 Å². The maximum Gasteiger partial charge on any atom is 0.336 e. The van der Waals surface area contributed by atoms with E-state index in [4.69, 9.17) is 16.1 Å². The third-order valence-corrected chi connectivity index (χ3v) is 1.91. The molecule has 0 aliphatic carbocycles. The number of hydrogen-bond donors (Lipinski definition) is 2. The summed E-state index contributed by atoms with van der Waals surface area (Å²) in [6, 6.07) is 2.45. The summed E-state index contributed by atoms with van der Waals surface area (Å²) in [6.07, 6.45) is -2.97. The molecule has 1 rings (SSSR count). The molecule has 84 valence electrons. The van der Waals surface area contributed by atoms with Gasteiger partial charge in [0.2, 0.25) is 0 Å². The Kier molecular flexibility index (Phi) is 3.48. The van der Waals surface area contributed by atoms with Crippen molar-refractivity contribution in [2.45, 2.75) is 13.0 Å². The van der Waals surface area contributed by atoms with E-state index in [9.17, 15) is 13.6 Å². The van der Waals surface area contributed by atoms with Crippen molar-refractivity contribution in [3.8, 4) is 6.07 Å². The first-order valence-corrected chi connectivity index (χ1v) is 4.16. The van der Waals surface area contributed by atoms with Gasteiger partial charge < -0.3 is 10.8 Å². The van der Waals surface area contributed by atoms with Crippen LogP contribution in [0.4, 0.5) is 8.78 Å². The lowest BCUT2D eigenvalue weighted by atomic mass is 10.1. The van der Waals surface area contributed by atoms with Crippen LogP contribution in [0, 0.1) is 11.3 Å². The average molecular weight is 227 g/mol. The molecule has 0 saturated carbocycles. The van der Waals surface area contributed by atoms with Crippen LogP contribution in [0.15, 0.2) is 6.07 Å². The van der Waals surface area contributed by atoms with E-state index in [1.165, 1.54) is 6.07 Å². The summed E-state index contributed by atoms with van der Waals surface area (Å²) in [5, 5.41) is 17.3. The Labute approximate surface area is 89.1 Å². The van der Waals surface area contributed by atoms with E-state index in [0.717, 1.165) is 6.07 Å². The Bertz CT molecular complexity index is 469. The highest BCUT2D eigenvalue weighted by Gasteiger charge is 2.22. The molecule has 0 aliphatic heterocycles. The van der Waals surface area contributed by atoms with Crippen LogP contribution in [0.25, 0.3) is 0 Å². The normalized spacial score (nSPS) is 10.2. The van der Waals surface area contributed by atoms with Gasteiger partial charge in [-0.25, -0.2) is 18.6 Å². The van der Waals surface area contributed by atoms with Gasteiger partial charge in [0.15, 0.2) is 0 Å². The van der Waals surface area contributed by atoms with Gasteiger partial charge in [0.25, 0.3) is 6.43 Å². The van der Waals surface area contributed by atoms with E-state index in [1.54, 1.807) is 0 Å². The number of hydrogen-bond acceptors (Lipinski definition) is 4. The van der Waals surface area contributed by atoms with Gasteiger partial charge >= 0.3 is 5.97 Å². The summed E-state index contributed by atoms with van der Waals surface area (Å²) in [6.45, 7) is -0.375. The number of rotatable bonds is 3. The van der Waals surface area contributed by atoms with Gasteiger partial charge in [-0.3, -0.25) is 0 Å². The second kappa shape index (κ2) is 4.63. The summed E-state index contributed by atoms with van der Waals surface area (Å²) >= 11 is 0. The molecular formula is C9H7F2N3O2. The topological polar surface area (TPSA) is 100 Å². The first kappa shape index (κ1) is 12.0. The maximum absolute atomic E-state index is 12.6. The lowest BCUT2D eigenvalue weighted by Gasteiger charge is -2.09. The average Bonchev–Trinajstić information content (AvgIpc) is 2.26. The van der Waals surface area contributed by atoms with E-state index in [-0.39, 0.29) is 17.8 Å². The van der Waals surface area contributed by atoms with Crippen molar-refractivity contribution in [2.75, 3.05) is 0 Å². The molecule has 1 heterocycles. The zero-order chi connectivity index (χ0) is 12.3. The fraction of sp³-hybridized carbons (Fsp3) is 0.222. The highest BCUT2D eigenvalue weighted by atomic mass is 19.3. The standard InChI is InChI=1S/C9H7F2N3O2/c10-8(11)7-6(3-13)5(9(15)16)1-4(2-12)14-7/h1,8H,3,13H2,(H,15,16). The molecule has 0 spiro atoms. The summed E-state index contributed by atoms with van der Waals surface area (Å²) in [5.74, 6) is -1.42. The van der Waals surface area contributed by atoms with Crippen LogP contribution >= 0.6 is 0 Å². The predicted molar refractivity (Wildman–Crippen MR) is 48.8 cm³/mol. The first-order chi connectivity index (χ1) is 7.51. The molecule has 16 heavy (non-hydrogen) atoms. The predicted octanol–water partition coefficient (Wildman–Crippen LogP) is 1.05. The van der Waals surface area contributed by atoms with E-state index < -0.39 is 23.7 Å². The van der Waals surface area contributed by atoms with Crippen molar-refractivity contribution >= 4 is 5.97 Å². The minimum absolute atomic E-state index is 0.249. The van der Waals surface area contributed by atoms with Crippen molar-refractivity contribution in [1.82, 2.24) is 4.98 Å². The maximum atomic E-state index is 12.6. The third-order valence-electron chi connectivity index (χ3n) is 1.91. The number of nitrogens with two attached hydrogens (primary N) is 1. The molecule has 1 aromatic rings. The molecule has 0 aliphatic rings. The van der Waals surface area contributed by atoms with Crippen molar-refractivity contribution in [3.63, 3.8) is 0 Å². The fourth-order valence-corrected chi connectivity index (χ4v) is 1.23. The molecule has 7 heteroatoms. The second-order valence-corrected chi connectivity index (χ2v) is 2.84. The number of aromatic nitrogens is 1. The summed E-state index contributed by atoms with van der Waals surface area (Å²) in [7, 11) is 0. The lowest BCUT2D eigenvalue weighted by molar-refractivity contribution is 0.0694. The van der Waals surface area contributed by atoms with Gasteiger partial charge in [-0.2, -0.15) is 5.26 Å². The largest absolute Gasteiger partial charge is 0.478 e. The Morgan fingerprint density at radius 1 is 1.69 bits per heavy atom. The number of carboxylic acid groups (broad SMARTS) is 1. The van der Waals surface area contributed by atoms with Crippen LogP contribution in [0.3, 0.4) is 0 Å². The second-order valence-electron chi connectivity index (χ2n) is 2.84. The molecule has 3 N–H and O–H groups in total. The molecule has 0 saturated heterocycles. The number of nitriles is 1. The fourth-order valence-electron chi connectivity index (χ4n) is 1.23. The van der Waals surface area contributed by atoms with Crippen molar-refractivity contribution < 1.29 is 18.7 Å². The van der Waals surface area contributed by atoms with Gasteiger partial charge in [0.05, 0.1) is 5.56 Å². The quantitative estimate of drug-likeness (QED) is 0.803. The summed E-state index contributed by atoms with van der Waals surface area (Å²) in [5.41, 5.74) is 3.42.